The molecule has 1 aromatic carbocycles. The highest BCUT2D eigenvalue weighted by atomic mass is 16.6. The largest absolute Gasteiger partial charge is 0.449 e. The van der Waals surface area contributed by atoms with E-state index in [-0.39, 0.29) is 19.3 Å². The van der Waals surface area contributed by atoms with Gasteiger partial charge in [-0.3, -0.25) is 0 Å². The number of benzene rings is 1. The van der Waals surface area contributed by atoms with E-state index in [0.717, 1.165) is 5.56 Å². The summed E-state index contributed by atoms with van der Waals surface area (Å²) in [7, 11) is 0. The molecule has 2 N–H and O–H groups in total. The number of ether oxygens (including phenoxy) is 3. The number of hydrogen-bond acceptors (Lipinski definition) is 5. The number of rotatable bonds is 11. The van der Waals surface area contributed by atoms with Crippen LogP contribution in [0.4, 0.5) is 9.59 Å². The van der Waals surface area contributed by atoms with E-state index in [1.54, 1.807) is 0 Å². The third-order valence-corrected chi connectivity index (χ3v) is 3.32. The highest BCUT2D eigenvalue weighted by molar-refractivity contribution is 5.67. The Labute approximate surface area is 149 Å². The number of carbonyl (C=O) groups excluding carboxylic acids is 2. The van der Waals surface area contributed by atoms with Crippen molar-refractivity contribution < 1.29 is 23.8 Å². The van der Waals surface area contributed by atoms with E-state index in [1.165, 1.54) is 0 Å². The van der Waals surface area contributed by atoms with E-state index in [0.29, 0.717) is 32.5 Å². The van der Waals surface area contributed by atoms with Gasteiger partial charge in [0.25, 0.3) is 0 Å². The summed E-state index contributed by atoms with van der Waals surface area (Å²) in [6, 6.07) is 9.80. The molecular formula is C18H28N2O5. The number of nitrogens with one attached hydrogen (secondary N) is 2. The molecule has 0 saturated carbocycles. The molecular weight excluding hydrogens is 324 g/mol. The van der Waals surface area contributed by atoms with Crippen LogP contribution in [0.2, 0.25) is 0 Å². The molecule has 0 aliphatic heterocycles. The first kappa shape index (κ1) is 20.8. The molecule has 7 heteroatoms. The summed E-state index contributed by atoms with van der Waals surface area (Å²) in [5.74, 6) is 0. The molecule has 1 rings (SSSR count). The first-order valence-electron chi connectivity index (χ1n) is 8.62. The van der Waals surface area contributed by atoms with Gasteiger partial charge in [-0.1, -0.05) is 30.3 Å². The molecule has 140 valence electrons. The Morgan fingerprint density at radius 1 is 0.920 bits per heavy atom. The second kappa shape index (κ2) is 13.1. The van der Waals surface area contributed by atoms with Gasteiger partial charge in [0.05, 0.1) is 25.9 Å². The van der Waals surface area contributed by atoms with Crippen LogP contribution in [0.5, 0.6) is 0 Å². The second-order valence-electron chi connectivity index (χ2n) is 5.33. The van der Waals surface area contributed by atoms with Gasteiger partial charge in [0.1, 0.15) is 0 Å². The number of hydrogen-bond donors (Lipinski definition) is 2. The highest BCUT2D eigenvalue weighted by Gasteiger charge is 2.12. The Morgan fingerprint density at radius 2 is 1.44 bits per heavy atom. The van der Waals surface area contributed by atoms with E-state index in [4.69, 9.17) is 14.2 Å². The van der Waals surface area contributed by atoms with Gasteiger partial charge < -0.3 is 24.8 Å². The predicted octanol–water partition coefficient (Wildman–Crippen LogP) is 2.84. The first-order chi connectivity index (χ1) is 12.2. The Kier molecular flexibility index (Phi) is 10.8. The van der Waals surface area contributed by atoms with Gasteiger partial charge in [-0.05, 0) is 19.4 Å². The van der Waals surface area contributed by atoms with E-state index in [1.807, 2.05) is 44.2 Å². The van der Waals surface area contributed by atoms with Crippen LogP contribution >= 0.6 is 0 Å². The van der Waals surface area contributed by atoms with Crippen molar-refractivity contribution in [3.63, 3.8) is 0 Å². The zero-order valence-corrected chi connectivity index (χ0v) is 15.0. The Balaban J connectivity index is 2.39. The molecule has 0 aromatic heterocycles. The number of alkyl carbamates (subject to hydrolysis) is 2. The Morgan fingerprint density at radius 3 is 1.92 bits per heavy atom. The summed E-state index contributed by atoms with van der Waals surface area (Å²) in [5.41, 5.74) is 1.06. The van der Waals surface area contributed by atoms with Crippen molar-refractivity contribution in [2.75, 3.05) is 26.3 Å². The summed E-state index contributed by atoms with van der Waals surface area (Å²) in [5, 5.41) is 5.14. The van der Waals surface area contributed by atoms with Crippen LogP contribution in [-0.4, -0.2) is 44.6 Å². The van der Waals surface area contributed by atoms with Gasteiger partial charge in [0.15, 0.2) is 0 Å². The average molecular weight is 352 g/mol. The fourth-order valence-corrected chi connectivity index (χ4v) is 2.06. The van der Waals surface area contributed by atoms with Crippen LogP contribution < -0.4 is 10.6 Å². The lowest BCUT2D eigenvalue weighted by atomic mass is 10.2. The maximum atomic E-state index is 11.3. The van der Waals surface area contributed by atoms with Crippen molar-refractivity contribution in [1.82, 2.24) is 10.6 Å². The summed E-state index contributed by atoms with van der Waals surface area (Å²) in [4.78, 5) is 22.7. The zero-order chi connectivity index (χ0) is 18.3. The monoisotopic (exact) mass is 352 g/mol. The third kappa shape index (κ3) is 10.2. The Hall–Kier alpha value is -2.28. The number of carbonyl (C=O) groups is 2. The topological polar surface area (TPSA) is 85.9 Å². The summed E-state index contributed by atoms with van der Waals surface area (Å²) >= 11 is 0. The molecule has 0 bridgehead atoms. The van der Waals surface area contributed by atoms with Crippen LogP contribution in [0.3, 0.4) is 0 Å². The standard InChI is InChI=1S/C18H28N2O5/c1-3-19-17(21)23-12-10-16(11-13-24-18(22)20-4-2)25-14-15-8-6-5-7-9-15/h5-9,16H,3-4,10-14H2,1-2H3,(H,19,21)(H,20,22). The maximum Gasteiger partial charge on any atom is 0.407 e. The van der Waals surface area contributed by atoms with Crippen molar-refractivity contribution in [1.29, 1.82) is 0 Å². The van der Waals surface area contributed by atoms with Crippen molar-refractivity contribution >= 4 is 12.2 Å². The maximum absolute atomic E-state index is 11.3. The summed E-state index contributed by atoms with van der Waals surface area (Å²) in [6.45, 7) is 5.63. The molecule has 0 fully saturated rings. The predicted molar refractivity (Wildman–Crippen MR) is 94.3 cm³/mol. The van der Waals surface area contributed by atoms with Gasteiger partial charge in [-0.2, -0.15) is 0 Å². The molecule has 1 aromatic rings. The van der Waals surface area contributed by atoms with Crippen LogP contribution in [0.15, 0.2) is 30.3 Å². The SMILES string of the molecule is CCNC(=O)OCCC(CCOC(=O)NCC)OCc1ccccc1. The lowest BCUT2D eigenvalue weighted by Gasteiger charge is -2.18. The van der Waals surface area contributed by atoms with Crippen LogP contribution in [0, 0.1) is 0 Å². The van der Waals surface area contributed by atoms with Gasteiger partial charge in [-0.15, -0.1) is 0 Å². The lowest BCUT2D eigenvalue weighted by molar-refractivity contribution is 0.00512. The lowest BCUT2D eigenvalue weighted by Crippen LogP contribution is -2.27. The van der Waals surface area contributed by atoms with Crippen LogP contribution in [0.25, 0.3) is 0 Å². The minimum Gasteiger partial charge on any atom is -0.449 e. The molecule has 0 aliphatic carbocycles. The third-order valence-electron chi connectivity index (χ3n) is 3.32. The van der Waals surface area contributed by atoms with E-state index in [9.17, 15) is 9.59 Å². The fraction of sp³-hybridized carbons (Fsp3) is 0.556. The van der Waals surface area contributed by atoms with Crippen molar-refractivity contribution in [3.8, 4) is 0 Å². The molecule has 0 aliphatic rings. The molecule has 0 heterocycles. The smallest absolute Gasteiger partial charge is 0.407 e. The minimum atomic E-state index is -0.442. The molecule has 0 radical (unpaired) electrons. The van der Waals surface area contributed by atoms with Gasteiger partial charge in [-0.25, -0.2) is 9.59 Å². The summed E-state index contributed by atoms with van der Waals surface area (Å²) < 4.78 is 16.0. The van der Waals surface area contributed by atoms with Gasteiger partial charge >= 0.3 is 12.2 Å². The molecule has 0 atom stereocenters. The van der Waals surface area contributed by atoms with E-state index < -0.39 is 12.2 Å². The fourth-order valence-electron chi connectivity index (χ4n) is 2.06. The first-order valence-corrected chi connectivity index (χ1v) is 8.62. The molecule has 0 saturated heterocycles. The summed E-state index contributed by atoms with van der Waals surface area (Å²) in [6.07, 6.45) is 0.000615. The normalized spacial score (nSPS) is 10.4. The average Bonchev–Trinajstić information content (AvgIpc) is 2.60. The zero-order valence-electron chi connectivity index (χ0n) is 15.0. The minimum absolute atomic E-state index is 0.177. The van der Waals surface area contributed by atoms with Gasteiger partial charge in [0.2, 0.25) is 0 Å². The van der Waals surface area contributed by atoms with Crippen molar-refractivity contribution in [3.05, 3.63) is 35.9 Å². The number of amides is 2. The Bertz CT molecular complexity index is 471. The quantitative estimate of drug-likeness (QED) is 0.639. The van der Waals surface area contributed by atoms with Gasteiger partial charge in [0, 0.05) is 25.9 Å². The second-order valence-corrected chi connectivity index (χ2v) is 5.33. The van der Waals surface area contributed by atoms with E-state index in [2.05, 4.69) is 10.6 Å². The van der Waals surface area contributed by atoms with Crippen LogP contribution in [0.1, 0.15) is 32.3 Å². The molecule has 0 spiro atoms. The van der Waals surface area contributed by atoms with Crippen LogP contribution in [-0.2, 0) is 20.8 Å². The molecule has 2 amide bonds. The molecule has 0 unspecified atom stereocenters. The van der Waals surface area contributed by atoms with Crippen molar-refractivity contribution in [2.24, 2.45) is 0 Å². The van der Waals surface area contributed by atoms with Crippen molar-refractivity contribution in [2.45, 2.75) is 39.4 Å². The molecule has 25 heavy (non-hydrogen) atoms. The van der Waals surface area contributed by atoms with E-state index >= 15 is 0 Å². The highest BCUT2D eigenvalue weighted by Crippen LogP contribution is 2.10. The molecule has 7 nitrogen and oxygen atoms in total.